The van der Waals surface area contributed by atoms with Crippen molar-refractivity contribution in [2.24, 2.45) is 0 Å². The van der Waals surface area contributed by atoms with E-state index >= 15 is 0 Å². The molecule has 0 atom stereocenters. The van der Waals surface area contributed by atoms with Gasteiger partial charge < -0.3 is 19.9 Å². The largest absolute Gasteiger partial charge is 0.493 e. The molecule has 0 unspecified atom stereocenters. The van der Waals surface area contributed by atoms with Crippen molar-refractivity contribution in [3.05, 3.63) is 63.0 Å². The van der Waals surface area contributed by atoms with Crippen LogP contribution in [0.4, 0.5) is 11.4 Å². The fourth-order valence-electron chi connectivity index (χ4n) is 2.82. The smallest absolute Gasteiger partial charge is 0.269 e. The molecule has 9 heteroatoms. The van der Waals surface area contributed by atoms with Gasteiger partial charge >= 0.3 is 0 Å². The summed E-state index contributed by atoms with van der Waals surface area (Å²) in [5.74, 6) is 0.819. The second kappa shape index (κ2) is 8.19. The fourth-order valence-corrected chi connectivity index (χ4v) is 3.86. The van der Waals surface area contributed by atoms with Gasteiger partial charge in [-0.05, 0) is 35.9 Å². The maximum atomic E-state index is 13.1. The lowest BCUT2D eigenvalue weighted by atomic mass is 10.1. The van der Waals surface area contributed by atoms with E-state index in [9.17, 15) is 14.9 Å². The molecule has 2 N–H and O–H groups in total. The Hall–Kier alpha value is -3.59. The topological polar surface area (TPSA) is 114 Å². The standard InChI is InChI=1S/C20H18N2O6S/c1-26-15-8-12(9-16(27-2)19(15)28-3)18(23)20-14(21)10-17(29-20)11-4-6-13(7-5-11)22(24)25/h4-10H,21H2,1-3H3. The average molecular weight is 414 g/mol. The number of ether oxygens (including phenoxy) is 3. The molecule has 0 saturated heterocycles. The molecule has 0 radical (unpaired) electrons. The summed E-state index contributed by atoms with van der Waals surface area (Å²) in [7, 11) is 4.42. The molecule has 0 aliphatic rings. The highest BCUT2D eigenvalue weighted by atomic mass is 32.1. The highest BCUT2D eigenvalue weighted by Crippen LogP contribution is 2.40. The van der Waals surface area contributed by atoms with E-state index in [-0.39, 0.29) is 11.5 Å². The molecular weight excluding hydrogens is 396 g/mol. The van der Waals surface area contributed by atoms with Crippen molar-refractivity contribution in [3.63, 3.8) is 0 Å². The van der Waals surface area contributed by atoms with Gasteiger partial charge in [0.15, 0.2) is 11.5 Å². The van der Waals surface area contributed by atoms with Crippen molar-refractivity contribution >= 4 is 28.5 Å². The zero-order valence-electron chi connectivity index (χ0n) is 15.9. The van der Waals surface area contributed by atoms with E-state index in [1.54, 1.807) is 30.3 Å². The highest BCUT2D eigenvalue weighted by molar-refractivity contribution is 7.18. The lowest BCUT2D eigenvalue weighted by Gasteiger charge is -2.13. The van der Waals surface area contributed by atoms with Gasteiger partial charge in [0.25, 0.3) is 5.69 Å². The number of anilines is 1. The first-order valence-corrected chi connectivity index (χ1v) is 9.20. The van der Waals surface area contributed by atoms with Crippen LogP contribution in [0.15, 0.2) is 42.5 Å². The molecule has 2 aromatic carbocycles. The number of thiophene rings is 1. The lowest BCUT2D eigenvalue weighted by Crippen LogP contribution is -2.04. The summed E-state index contributed by atoms with van der Waals surface area (Å²) in [6.07, 6.45) is 0. The van der Waals surface area contributed by atoms with Gasteiger partial charge in [-0.25, -0.2) is 0 Å². The van der Waals surface area contributed by atoms with Crippen LogP contribution in [0.3, 0.4) is 0 Å². The molecule has 0 amide bonds. The molecule has 0 spiro atoms. The van der Waals surface area contributed by atoms with Gasteiger partial charge in [-0.3, -0.25) is 14.9 Å². The predicted octanol–water partition coefficient (Wildman–Crippen LogP) is 4.16. The van der Waals surface area contributed by atoms with Crippen molar-refractivity contribution in [3.8, 4) is 27.7 Å². The fraction of sp³-hybridized carbons (Fsp3) is 0.150. The van der Waals surface area contributed by atoms with Crippen LogP contribution in [0.25, 0.3) is 10.4 Å². The molecule has 0 fully saturated rings. The number of nitro groups is 1. The van der Waals surface area contributed by atoms with Gasteiger partial charge in [-0.15, -0.1) is 11.3 Å². The van der Waals surface area contributed by atoms with Gasteiger partial charge in [0.1, 0.15) is 0 Å². The molecular formula is C20H18N2O6S. The van der Waals surface area contributed by atoms with Gasteiger partial charge in [-0.1, -0.05) is 0 Å². The first kappa shape index (κ1) is 20.2. The number of rotatable bonds is 7. The summed E-state index contributed by atoms with van der Waals surface area (Å²) >= 11 is 1.21. The predicted molar refractivity (Wildman–Crippen MR) is 110 cm³/mol. The normalized spacial score (nSPS) is 10.4. The Morgan fingerprint density at radius 3 is 2.07 bits per heavy atom. The number of non-ortho nitro benzene ring substituents is 1. The number of benzene rings is 2. The lowest BCUT2D eigenvalue weighted by molar-refractivity contribution is -0.384. The Kier molecular flexibility index (Phi) is 5.69. The van der Waals surface area contributed by atoms with E-state index in [2.05, 4.69) is 0 Å². The molecule has 1 heterocycles. The van der Waals surface area contributed by atoms with Crippen LogP contribution in [-0.2, 0) is 0 Å². The summed E-state index contributed by atoms with van der Waals surface area (Å²) in [6, 6.07) is 10.9. The SMILES string of the molecule is COc1cc(C(=O)c2sc(-c3ccc([N+](=O)[O-])cc3)cc2N)cc(OC)c1OC. The number of nitro benzene ring substituents is 1. The van der Waals surface area contributed by atoms with Crippen molar-refractivity contribution in [1.29, 1.82) is 0 Å². The third kappa shape index (κ3) is 3.85. The van der Waals surface area contributed by atoms with E-state index in [1.165, 1.54) is 44.8 Å². The molecule has 8 nitrogen and oxygen atoms in total. The monoisotopic (exact) mass is 414 g/mol. The number of nitrogens with two attached hydrogens (primary N) is 1. The molecule has 1 aromatic heterocycles. The Balaban J connectivity index is 1.99. The third-order valence-electron chi connectivity index (χ3n) is 4.26. The van der Waals surface area contributed by atoms with E-state index in [1.807, 2.05) is 0 Å². The van der Waals surface area contributed by atoms with Crippen LogP contribution in [0.2, 0.25) is 0 Å². The van der Waals surface area contributed by atoms with E-state index in [0.29, 0.717) is 33.4 Å². The summed E-state index contributed by atoms with van der Waals surface area (Å²) in [6.45, 7) is 0. The first-order chi connectivity index (χ1) is 13.9. The van der Waals surface area contributed by atoms with Crippen LogP contribution in [-0.4, -0.2) is 32.0 Å². The van der Waals surface area contributed by atoms with Crippen LogP contribution >= 0.6 is 11.3 Å². The average Bonchev–Trinajstić information content (AvgIpc) is 3.13. The van der Waals surface area contributed by atoms with Gasteiger partial charge in [0.2, 0.25) is 11.5 Å². The van der Waals surface area contributed by atoms with Gasteiger partial charge in [0, 0.05) is 22.6 Å². The van der Waals surface area contributed by atoms with E-state index in [4.69, 9.17) is 19.9 Å². The molecule has 3 rings (SSSR count). The summed E-state index contributed by atoms with van der Waals surface area (Å²) in [5.41, 5.74) is 7.47. The number of nitrogen functional groups attached to an aromatic ring is 1. The maximum absolute atomic E-state index is 13.1. The van der Waals surface area contributed by atoms with E-state index in [0.717, 1.165) is 10.4 Å². The van der Waals surface area contributed by atoms with Crippen molar-refractivity contribution in [1.82, 2.24) is 0 Å². The number of methoxy groups -OCH3 is 3. The molecule has 0 aliphatic carbocycles. The molecule has 0 saturated carbocycles. The Bertz CT molecular complexity index is 1050. The Morgan fingerprint density at radius 2 is 1.59 bits per heavy atom. The molecule has 150 valence electrons. The molecule has 0 bridgehead atoms. The zero-order valence-corrected chi connectivity index (χ0v) is 16.7. The Morgan fingerprint density at radius 1 is 1.00 bits per heavy atom. The second-order valence-electron chi connectivity index (χ2n) is 5.94. The summed E-state index contributed by atoms with van der Waals surface area (Å²) in [5, 5.41) is 10.8. The number of hydrogen-bond donors (Lipinski definition) is 1. The minimum atomic E-state index is -0.466. The van der Waals surface area contributed by atoms with Crippen LogP contribution in [0.5, 0.6) is 17.2 Å². The zero-order chi connectivity index (χ0) is 21.1. The number of carbonyl (C=O) groups excluding carboxylic acids is 1. The van der Waals surface area contributed by atoms with Crippen LogP contribution in [0.1, 0.15) is 15.2 Å². The Labute approximate surface area is 170 Å². The van der Waals surface area contributed by atoms with Gasteiger partial charge in [-0.2, -0.15) is 0 Å². The molecule has 0 aliphatic heterocycles. The minimum absolute atomic E-state index is 0.00741. The highest BCUT2D eigenvalue weighted by Gasteiger charge is 2.22. The van der Waals surface area contributed by atoms with Gasteiger partial charge in [0.05, 0.1) is 36.8 Å². The number of carbonyl (C=O) groups is 1. The summed E-state index contributed by atoms with van der Waals surface area (Å²) in [4.78, 5) is 24.5. The first-order valence-electron chi connectivity index (χ1n) is 8.38. The third-order valence-corrected chi connectivity index (χ3v) is 5.46. The second-order valence-corrected chi connectivity index (χ2v) is 6.99. The quantitative estimate of drug-likeness (QED) is 0.351. The van der Waals surface area contributed by atoms with Crippen molar-refractivity contribution < 1.29 is 23.9 Å². The molecule has 29 heavy (non-hydrogen) atoms. The van der Waals surface area contributed by atoms with Crippen molar-refractivity contribution in [2.45, 2.75) is 0 Å². The maximum Gasteiger partial charge on any atom is 0.269 e. The van der Waals surface area contributed by atoms with Crippen LogP contribution < -0.4 is 19.9 Å². The molecule has 3 aromatic rings. The van der Waals surface area contributed by atoms with Crippen LogP contribution in [0, 0.1) is 10.1 Å². The summed E-state index contributed by atoms with van der Waals surface area (Å²) < 4.78 is 15.9. The van der Waals surface area contributed by atoms with Crippen molar-refractivity contribution in [2.75, 3.05) is 27.1 Å². The number of ketones is 1. The van der Waals surface area contributed by atoms with E-state index < -0.39 is 4.92 Å². The number of nitrogens with zero attached hydrogens (tertiary/aromatic N) is 1. The minimum Gasteiger partial charge on any atom is -0.493 e. The number of hydrogen-bond acceptors (Lipinski definition) is 8.